The second kappa shape index (κ2) is 7.14. The number of thiophene rings is 1. The standard InChI is InChI=1S/C16H18N4OS2/c1-10-5-14(23-9-10)15(21)19-12-6-11(7-18-8-12)13-3-2-4-22-16(17)20-13/h5-9,13H,2-4H2,1H3,(H2,17,20)(H,19,21). The second-order valence-corrected chi connectivity index (χ2v) is 7.45. The van der Waals surface area contributed by atoms with Gasteiger partial charge in [0.1, 0.15) is 0 Å². The molecule has 1 unspecified atom stereocenters. The van der Waals surface area contributed by atoms with E-state index in [0.717, 1.165) is 29.7 Å². The van der Waals surface area contributed by atoms with Gasteiger partial charge in [-0.15, -0.1) is 11.3 Å². The maximum Gasteiger partial charge on any atom is 0.265 e. The number of carbonyl (C=O) groups excluding carboxylic acids is 1. The number of carbonyl (C=O) groups is 1. The molecule has 1 aliphatic heterocycles. The van der Waals surface area contributed by atoms with Crippen molar-refractivity contribution in [1.82, 2.24) is 4.98 Å². The smallest absolute Gasteiger partial charge is 0.265 e. The lowest BCUT2D eigenvalue weighted by atomic mass is 10.0. The highest BCUT2D eigenvalue weighted by atomic mass is 32.2. The van der Waals surface area contributed by atoms with Gasteiger partial charge in [0.2, 0.25) is 0 Å². The van der Waals surface area contributed by atoms with Crippen LogP contribution in [0.4, 0.5) is 5.69 Å². The van der Waals surface area contributed by atoms with Gasteiger partial charge in [-0.1, -0.05) is 11.8 Å². The van der Waals surface area contributed by atoms with Crippen LogP contribution in [-0.2, 0) is 0 Å². The van der Waals surface area contributed by atoms with Crippen molar-refractivity contribution in [3.05, 3.63) is 45.9 Å². The third kappa shape index (κ3) is 4.11. The van der Waals surface area contributed by atoms with E-state index in [0.29, 0.717) is 15.7 Å². The number of nitrogens with zero attached hydrogens (tertiary/aromatic N) is 2. The Morgan fingerprint density at radius 1 is 1.39 bits per heavy atom. The van der Waals surface area contributed by atoms with Crippen molar-refractivity contribution >= 4 is 39.9 Å². The van der Waals surface area contributed by atoms with E-state index in [1.54, 1.807) is 24.2 Å². The van der Waals surface area contributed by atoms with Gasteiger partial charge in [-0.2, -0.15) is 0 Å². The summed E-state index contributed by atoms with van der Waals surface area (Å²) in [6.07, 6.45) is 5.45. The Morgan fingerprint density at radius 3 is 3.04 bits per heavy atom. The van der Waals surface area contributed by atoms with Gasteiger partial charge in [0.15, 0.2) is 5.17 Å². The topological polar surface area (TPSA) is 80.4 Å². The number of aliphatic imine (C=N–C) groups is 1. The SMILES string of the molecule is Cc1csc(C(=O)Nc2cncc(C3CCCSC(N)=N3)c2)c1. The van der Waals surface area contributed by atoms with Gasteiger partial charge in [0.05, 0.1) is 22.8 Å². The molecule has 3 N–H and O–H groups in total. The fraction of sp³-hybridized carbons (Fsp3) is 0.312. The van der Waals surface area contributed by atoms with Crippen LogP contribution in [0.3, 0.4) is 0 Å². The number of hydrogen-bond donors (Lipinski definition) is 2. The van der Waals surface area contributed by atoms with Crippen LogP contribution in [-0.4, -0.2) is 21.8 Å². The fourth-order valence-corrected chi connectivity index (χ4v) is 3.92. The lowest BCUT2D eigenvalue weighted by Crippen LogP contribution is -2.11. The molecule has 3 rings (SSSR count). The predicted octanol–water partition coefficient (Wildman–Crippen LogP) is 3.59. The van der Waals surface area contributed by atoms with Crippen molar-refractivity contribution in [2.24, 2.45) is 10.7 Å². The van der Waals surface area contributed by atoms with Crippen LogP contribution in [0.15, 0.2) is 34.9 Å². The van der Waals surface area contributed by atoms with Crippen LogP contribution in [0.5, 0.6) is 0 Å². The summed E-state index contributed by atoms with van der Waals surface area (Å²) in [6, 6.07) is 3.83. The maximum atomic E-state index is 12.2. The van der Waals surface area contributed by atoms with Gasteiger partial charge < -0.3 is 11.1 Å². The molecular formula is C16H18N4OS2. The largest absolute Gasteiger partial charge is 0.379 e. The van der Waals surface area contributed by atoms with Crippen LogP contribution in [0.1, 0.15) is 39.7 Å². The van der Waals surface area contributed by atoms with Crippen molar-refractivity contribution in [3.63, 3.8) is 0 Å². The van der Waals surface area contributed by atoms with Crippen LogP contribution in [0.2, 0.25) is 0 Å². The van der Waals surface area contributed by atoms with Gasteiger partial charge in [-0.25, -0.2) is 0 Å². The molecular weight excluding hydrogens is 328 g/mol. The van der Waals surface area contributed by atoms with Crippen LogP contribution < -0.4 is 11.1 Å². The van der Waals surface area contributed by atoms with Gasteiger partial charge in [0, 0.05) is 11.9 Å². The first kappa shape index (κ1) is 16.0. The van der Waals surface area contributed by atoms with E-state index in [4.69, 9.17) is 5.73 Å². The summed E-state index contributed by atoms with van der Waals surface area (Å²) >= 11 is 3.03. The number of thioether (sulfide) groups is 1. The zero-order valence-corrected chi connectivity index (χ0v) is 14.4. The van der Waals surface area contributed by atoms with E-state index >= 15 is 0 Å². The van der Waals surface area contributed by atoms with Crippen LogP contribution in [0, 0.1) is 6.92 Å². The summed E-state index contributed by atoms with van der Waals surface area (Å²) in [6.45, 7) is 1.97. The summed E-state index contributed by atoms with van der Waals surface area (Å²) < 4.78 is 0. The van der Waals surface area contributed by atoms with Crippen molar-refractivity contribution < 1.29 is 4.79 Å². The quantitative estimate of drug-likeness (QED) is 0.890. The summed E-state index contributed by atoms with van der Waals surface area (Å²) in [4.78, 5) is 21.7. The number of amides is 1. The Morgan fingerprint density at radius 2 is 2.26 bits per heavy atom. The Kier molecular flexibility index (Phi) is 4.97. The number of amidine groups is 1. The number of pyridine rings is 1. The molecule has 0 aliphatic carbocycles. The lowest BCUT2D eigenvalue weighted by Gasteiger charge is -2.12. The summed E-state index contributed by atoms with van der Waals surface area (Å²) in [5.74, 6) is 0.884. The molecule has 1 aliphatic rings. The zero-order chi connectivity index (χ0) is 16.2. The van der Waals surface area contributed by atoms with Crippen LogP contribution in [0.25, 0.3) is 0 Å². The first-order valence-corrected chi connectivity index (χ1v) is 9.26. The first-order valence-electron chi connectivity index (χ1n) is 7.39. The molecule has 1 amide bonds. The van der Waals surface area contributed by atoms with Crippen molar-refractivity contribution in [2.75, 3.05) is 11.1 Å². The molecule has 0 radical (unpaired) electrons. The highest BCUT2D eigenvalue weighted by Gasteiger charge is 2.16. The third-order valence-corrected chi connectivity index (χ3v) is 5.45. The van der Waals surface area contributed by atoms with Crippen molar-refractivity contribution in [1.29, 1.82) is 0 Å². The first-order chi connectivity index (χ1) is 11.1. The summed E-state index contributed by atoms with van der Waals surface area (Å²) in [7, 11) is 0. The number of rotatable bonds is 3. The van der Waals surface area contributed by atoms with Gasteiger partial charge >= 0.3 is 0 Å². The summed E-state index contributed by atoms with van der Waals surface area (Å²) in [5, 5.41) is 5.49. The van der Waals surface area contributed by atoms with E-state index in [2.05, 4.69) is 15.3 Å². The minimum Gasteiger partial charge on any atom is -0.379 e. The molecule has 0 fully saturated rings. The molecule has 2 aromatic heterocycles. The highest BCUT2D eigenvalue weighted by molar-refractivity contribution is 8.13. The molecule has 5 nitrogen and oxygen atoms in total. The molecule has 120 valence electrons. The van der Waals surface area contributed by atoms with Gasteiger partial charge in [-0.05, 0) is 48.4 Å². The van der Waals surface area contributed by atoms with Gasteiger partial charge in [0.25, 0.3) is 5.91 Å². The Hall–Kier alpha value is -1.86. The number of anilines is 1. The van der Waals surface area contributed by atoms with Crippen molar-refractivity contribution in [3.8, 4) is 0 Å². The average Bonchev–Trinajstić information content (AvgIpc) is 2.85. The molecule has 3 heterocycles. The maximum absolute atomic E-state index is 12.2. The molecule has 0 saturated heterocycles. The number of aromatic nitrogens is 1. The lowest BCUT2D eigenvalue weighted by molar-refractivity contribution is 0.103. The fourth-order valence-electron chi connectivity index (χ4n) is 2.40. The Balaban J connectivity index is 1.77. The van der Waals surface area contributed by atoms with E-state index in [9.17, 15) is 4.79 Å². The minimum absolute atomic E-state index is 0.0123. The van der Waals surface area contributed by atoms with Gasteiger partial charge in [-0.3, -0.25) is 14.8 Å². The molecule has 0 spiro atoms. The van der Waals surface area contributed by atoms with E-state index in [1.807, 2.05) is 24.4 Å². The number of nitrogens with one attached hydrogen (secondary N) is 1. The molecule has 0 aromatic carbocycles. The van der Waals surface area contributed by atoms with E-state index < -0.39 is 0 Å². The normalized spacial score (nSPS) is 18.1. The molecule has 23 heavy (non-hydrogen) atoms. The monoisotopic (exact) mass is 346 g/mol. The van der Waals surface area contributed by atoms with E-state index in [1.165, 1.54) is 11.3 Å². The summed E-state index contributed by atoms with van der Waals surface area (Å²) in [5.41, 5.74) is 8.64. The Labute approximate surface area is 143 Å². The molecule has 7 heteroatoms. The number of aryl methyl sites for hydroxylation is 1. The molecule has 0 bridgehead atoms. The molecule has 2 aromatic rings. The third-order valence-electron chi connectivity index (χ3n) is 3.51. The number of nitrogens with two attached hydrogens (primary N) is 1. The van der Waals surface area contributed by atoms with Crippen LogP contribution >= 0.6 is 23.1 Å². The highest BCUT2D eigenvalue weighted by Crippen LogP contribution is 2.28. The number of hydrogen-bond acceptors (Lipinski definition) is 6. The second-order valence-electron chi connectivity index (χ2n) is 5.42. The zero-order valence-electron chi connectivity index (χ0n) is 12.8. The molecule has 1 atom stereocenters. The minimum atomic E-state index is -0.110. The predicted molar refractivity (Wildman–Crippen MR) is 97.3 cm³/mol. The molecule has 0 saturated carbocycles. The Bertz CT molecular complexity index is 741. The average molecular weight is 346 g/mol. The van der Waals surface area contributed by atoms with Crippen molar-refractivity contribution in [2.45, 2.75) is 25.8 Å². The van der Waals surface area contributed by atoms with E-state index in [-0.39, 0.29) is 11.9 Å².